The number of carbonyl (C=O) groups excluding carboxylic acids is 3. The summed E-state index contributed by atoms with van der Waals surface area (Å²) in [6, 6.07) is 6.16. The van der Waals surface area contributed by atoms with E-state index in [4.69, 9.17) is 5.73 Å². The maximum atomic E-state index is 13.2. The van der Waals surface area contributed by atoms with Crippen LogP contribution in [0.3, 0.4) is 0 Å². The predicted molar refractivity (Wildman–Crippen MR) is 104 cm³/mol. The fourth-order valence-electron chi connectivity index (χ4n) is 4.90. The number of nitrogens with one attached hydrogen (secondary N) is 1. The van der Waals surface area contributed by atoms with Crippen molar-refractivity contribution >= 4 is 17.7 Å². The molecule has 0 aliphatic carbocycles. The van der Waals surface area contributed by atoms with Crippen molar-refractivity contribution < 1.29 is 14.4 Å². The Morgan fingerprint density at radius 3 is 2.75 bits per heavy atom. The first kappa shape index (κ1) is 19.1. The molecule has 0 saturated carbocycles. The summed E-state index contributed by atoms with van der Waals surface area (Å²) in [5.74, 6) is -0.737. The molecule has 4 rings (SSSR count). The van der Waals surface area contributed by atoms with Crippen LogP contribution in [0.2, 0.25) is 0 Å². The van der Waals surface area contributed by atoms with Crippen LogP contribution in [0, 0.1) is 0 Å². The third kappa shape index (κ3) is 3.33. The Labute approximate surface area is 165 Å². The van der Waals surface area contributed by atoms with Crippen LogP contribution >= 0.6 is 0 Å². The normalized spacial score (nSPS) is 28.4. The lowest BCUT2D eigenvalue weighted by atomic mass is 9.94. The zero-order valence-corrected chi connectivity index (χ0v) is 16.3. The minimum atomic E-state index is -0.573. The van der Waals surface area contributed by atoms with E-state index >= 15 is 0 Å². The van der Waals surface area contributed by atoms with Gasteiger partial charge in [-0.15, -0.1) is 0 Å². The summed E-state index contributed by atoms with van der Waals surface area (Å²) in [6.07, 6.45) is 4.08. The standard InChI is InChI=1S/C21H28N4O3/c1-13-4-2-7-16(10-22)24(13)11-14-5-3-6-15-12-25(21(28)19(14)15)17-8-9-18(26)23-20(17)27/h3,5-6,13,16-17H,2,4,7-12,22H2,1H3,(H,23,26,27)/t13-,16-,17?/m1/s1. The second-order valence-corrected chi connectivity index (χ2v) is 8.19. The highest BCUT2D eigenvalue weighted by Gasteiger charge is 2.40. The van der Waals surface area contributed by atoms with Gasteiger partial charge in [0.2, 0.25) is 11.8 Å². The Balaban J connectivity index is 1.58. The largest absolute Gasteiger partial charge is 0.329 e. The number of benzene rings is 1. The van der Waals surface area contributed by atoms with E-state index in [1.165, 1.54) is 6.42 Å². The fraction of sp³-hybridized carbons (Fsp3) is 0.571. The number of nitrogens with two attached hydrogens (primary N) is 1. The molecule has 3 aliphatic heterocycles. The van der Waals surface area contributed by atoms with Crippen LogP contribution in [0.4, 0.5) is 0 Å². The lowest BCUT2D eigenvalue weighted by Crippen LogP contribution is -2.52. The lowest BCUT2D eigenvalue weighted by molar-refractivity contribution is -0.136. The van der Waals surface area contributed by atoms with Crippen LogP contribution < -0.4 is 11.1 Å². The van der Waals surface area contributed by atoms with Crippen molar-refractivity contribution in [3.8, 4) is 0 Å². The average molecular weight is 384 g/mol. The number of nitrogens with zero attached hydrogens (tertiary/aromatic N) is 2. The van der Waals surface area contributed by atoms with Crippen LogP contribution in [0.25, 0.3) is 0 Å². The van der Waals surface area contributed by atoms with Gasteiger partial charge < -0.3 is 10.6 Å². The zero-order chi connectivity index (χ0) is 19.8. The lowest BCUT2D eigenvalue weighted by Gasteiger charge is -2.40. The summed E-state index contributed by atoms with van der Waals surface area (Å²) in [6.45, 7) is 3.96. The Morgan fingerprint density at radius 2 is 2.00 bits per heavy atom. The van der Waals surface area contributed by atoms with Crippen molar-refractivity contribution in [3.05, 3.63) is 34.9 Å². The molecule has 0 radical (unpaired) electrons. The number of carbonyl (C=O) groups is 3. The van der Waals surface area contributed by atoms with E-state index in [1.54, 1.807) is 4.90 Å². The van der Waals surface area contributed by atoms with Crippen molar-refractivity contribution in [1.29, 1.82) is 0 Å². The summed E-state index contributed by atoms with van der Waals surface area (Å²) in [5, 5.41) is 2.36. The molecule has 3 atom stereocenters. The van der Waals surface area contributed by atoms with Gasteiger partial charge in [0.15, 0.2) is 0 Å². The number of imide groups is 1. The Morgan fingerprint density at radius 1 is 1.18 bits per heavy atom. The van der Waals surface area contributed by atoms with Crippen LogP contribution in [0.15, 0.2) is 18.2 Å². The maximum Gasteiger partial charge on any atom is 0.255 e. The molecule has 0 bridgehead atoms. The first-order valence-electron chi connectivity index (χ1n) is 10.2. The first-order valence-corrected chi connectivity index (χ1v) is 10.2. The molecule has 0 spiro atoms. The van der Waals surface area contributed by atoms with Crippen molar-refractivity contribution in [3.63, 3.8) is 0 Å². The zero-order valence-electron chi connectivity index (χ0n) is 16.3. The monoisotopic (exact) mass is 384 g/mol. The van der Waals surface area contributed by atoms with E-state index < -0.39 is 6.04 Å². The van der Waals surface area contributed by atoms with Crippen molar-refractivity contribution in [2.75, 3.05) is 6.54 Å². The molecule has 3 N–H and O–H groups in total. The van der Waals surface area contributed by atoms with Gasteiger partial charge >= 0.3 is 0 Å². The van der Waals surface area contributed by atoms with Crippen molar-refractivity contribution in [1.82, 2.24) is 15.1 Å². The van der Waals surface area contributed by atoms with Gasteiger partial charge in [-0.2, -0.15) is 0 Å². The number of likely N-dealkylation sites (tertiary alicyclic amines) is 1. The molecule has 0 aromatic heterocycles. The fourth-order valence-corrected chi connectivity index (χ4v) is 4.90. The summed E-state index contributed by atoms with van der Waals surface area (Å²) >= 11 is 0. The van der Waals surface area contributed by atoms with Gasteiger partial charge in [0, 0.05) is 43.7 Å². The number of rotatable bonds is 4. The van der Waals surface area contributed by atoms with Crippen LogP contribution in [-0.4, -0.2) is 52.2 Å². The Hall–Kier alpha value is -2.25. The summed E-state index contributed by atoms with van der Waals surface area (Å²) < 4.78 is 0. The topological polar surface area (TPSA) is 95.7 Å². The Kier molecular flexibility index (Phi) is 5.21. The van der Waals surface area contributed by atoms with Gasteiger partial charge in [0.25, 0.3) is 5.91 Å². The summed E-state index contributed by atoms with van der Waals surface area (Å²) in [4.78, 5) is 41.0. The molecule has 1 unspecified atom stereocenters. The van der Waals surface area contributed by atoms with Gasteiger partial charge in [-0.25, -0.2) is 0 Å². The van der Waals surface area contributed by atoms with Crippen molar-refractivity contribution in [2.24, 2.45) is 5.73 Å². The molecule has 28 heavy (non-hydrogen) atoms. The number of fused-ring (bicyclic) bond motifs is 1. The highest BCUT2D eigenvalue weighted by Crippen LogP contribution is 2.32. The van der Waals surface area contributed by atoms with E-state index in [1.807, 2.05) is 18.2 Å². The molecular formula is C21H28N4O3. The molecule has 3 aliphatic rings. The van der Waals surface area contributed by atoms with Crippen LogP contribution in [0.1, 0.15) is 60.5 Å². The Bertz CT molecular complexity index is 809. The third-order valence-electron chi connectivity index (χ3n) is 6.46. The molecule has 1 aromatic carbocycles. The van der Waals surface area contributed by atoms with E-state index in [2.05, 4.69) is 17.1 Å². The second-order valence-electron chi connectivity index (χ2n) is 8.19. The highest BCUT2D eigenvalue weighted by atomic mass is 16.2. The molecule has 7 nitrogen and oxygen atoms in total. The van der Waals surface area contributed by atoms with Crippen LogP contribution in [-0.2, 0) is 22.7 Å². The highest BCUT2D eigenvalue weighted by molar-refractivity contribution is 6.05. The number of piperidine rings is 2. The molecular weight excluding hydrogens is 356 g/mol. The minimum Gasteiger partial charge on any atom is -0.329 e. The number of amides is 3. The maximum absolute atomic E-state index is 13.2. The van der Waals surface area contributed by atoms with Gasteiger partial charge in [0.05, 0.1) is 0 Å². The summed E-state index contributed by atoms with van der Waals surface area (Å²) in [7, 11) is 0. The minimum absolute atomic E-state index is 0.103. The third-order valence-corrected chi connectivity index (χ3v) is 6.46. The average Bonchev–Trinajstić information content (AvgIpc) is 3.01. The molecule has 1 aromatic rings. The predicted octanol–water partition coefficient (Wildman–Crippen LogP) is 1.15. The molecule has 2 saturated heterocycles. The van der Waals surface area contributed by atoms with Crippen molar-refractivity contribution in [2.45, 2.75) is 70.2 Å². The molecule has 3 amide bonds. The van der Waals surface area contributed by atoms with E-state index in [0.29, 0.717) is 38.1 Å². The van der Waals surface area contributed by atoms with Gasteiger partial charge in [-0.3, -0.25) is 24.6 Å². The van der Waals surface area contributed by atoms with Crippen LogP contribution in [0.5, 0.6) is 0 Å². The summed E-state index contributed by atoms with van der Waals surface area (Å²) in [5.41, 5.74) is 8.69. The van der Waals surface area contributed by atoms with E-state index in [-0.39, 0.29) is 24.1 Å². The SMILES string of the molecule is C[C@@H]1CCC[C@H](CN)N1Cc1cccc2c1C(=O)N(C1CCC(=O)NC1=O)C2. The van der Waals surface area contributed by atoms with Gasteiger partial charge in [-0.1, -0.05) is 24.6 Å². The smallest absolute Gasteiger partial charge is 0.255 e. The van der Waals surface area contributed by atoms with E-state index in [0.717, 1.165) is 29.5 Å². The molecule has 2 fully saturated rings. The number of hydrogen-bond acceptors (Lipinski definition) is 5. The second kappa shape index (κ2) is 7.64. The molecule has 3 heterocycles. The quantitative estimate of drug-likeness (QED) is 0.759. The molecule has 7 heteroatoms. The van der Waals surface area contributed by atoms with Gasteiger partial charge in [0.1, 0.15) is 6.04 Å². The first-order chi connectivity index (χ1) is 13.5. The van der Waals surface area contributed by atoms with Gasteiger partial charge in [-0.05, 0) is 37.3 Å². The molecule has 150 valence electrons. The van der Waals surface area contributed by atoms with E-state index in [9.17, 15) is 14.4 Å². The number of hydrogen-bond donors (Lipinski definition) is 2.